The van der Waals surface area contributed by atoms with Gasteiger partial charge in [0.05, 0.1) is 17.1 Å². The predicted octanol–water partition coefficient (Wildman–Crippen LogP) is 2.98. The van der Waals surface area contributed by atoms with Gasteiger partial charge in [-0.15, -0.1) is 0 Å². The van der Waals surface area contributed by atoms with Crippen LogP contribution in [-0.4, -0.2) is 44.2 Å². The summed E-state index contributed by atoms with van der Waals surface area (Å²) in [7, 11) is -2.61. The Balaban J connectivity index is 1.81. The topological polar surface area (TPSA) is 105 Å². The van der Waals surface area contributed by atoms with E-state index in [1.54, 1.807) is 13.0 Å². The second-order valence-corrected chi connectivity index (χ2v) is 9.76. The van der Waals surface area contributed by atoms with Crippen molar-refractivity contribution in [3.8, 4) is 5.75 Å². The van der Waals surface area contributed by atoms with Crippen LogP contribution in [0.15, 0.2) is 35.2 Å². The number of nitrogens with one attached hydrogen (secondary N) is 2. The van der Waals surface area contributed by atoms with E-state index in [9.17, 15) is 18.0 Å². The zero-order chi connectivity index (χ0) is 22.9. The Labute approximate surface area is 182 Å². The first-order chi connectivity index (χ1) is 14.5. The SMILES string of the molecule is CC[C@@H]1Oc2cc(S(=O)(=O)N(C)CC(=O)Nc3cc(C)ccc3C)c(C)cc2NC1=O. The maximum Gasteiger partial charge on any atom is 0.265 e. The molecular formula is C22H27N3O5S. The van der Waals surface area contributed by atoms with Crippen molar-refractivity contribution in [1.82, 2.24) is 4.31 Å². The fourth-order valence-corrected chi connectivity index (χ4v) is 4.69. The summed E-state index contributed by atoms with van der Waals surface area (Å²) >= 11 is 0. The van der Waals surface area contributed by atoms with Crippen molar-refractivity contribution in [3.05, 3.63) is 47.0 Å². The van der Waals surface area contributed by atoms with Gasteiger partial charge < -0.3 is 15.4 Å². The lowest BCUT2D eigenvalue weighted by molar-refractivity contribution is -0.123. The molecule has 166 valence electrons. The minimum Gasteiger partial charge on any atom is -0.478 e. The average molecular weight is 446 g/mol. The first-order valence-corrected chi connectivity index (χ1v) is 11.4. The van der Waals surface area contributed by atoms with Crippen molar-refractivity contribution in [2.24, 2.45) is 0 Å². The van der Waals surface area contributed by atoms with Crippen LogP contribution in [-0.2, 0) is 19.6 Å². The predicted molar refractivity (Wildman–Crippen MR) is 119 cm³/mol. The van der Waals surface area contributed by atoms with E-state index in [1.807, 2.05) is 39.0 Å². The first kappa shape index (κ1) is 22.8. The number of carbonyl (C=O) groups is 2. The Bertz CT molecular complexity index is 1140. The molecule has 2 N–H and O–H groups in total. The zero-order valence-electron chi connectivity index (χ0n) is 18.3. The van der Waals surface area contributed by atoms with Crippen LogP contribution in [0.1, 0.15) is 30.0 Å². The molecule has 1 aliphatic heterocycles. The molecule has 9 heteroatoms. The highest BCUT2D eigenvalue weighted by Gasteiger charge is 2.31. The Morgan fingerprint density at radius 1 is 1.16 bits per heavy atom. The van der Waals surface area contributed by atoms with Crippen LogP contribution in [0, 0.1) is 20.8 Å². The highest BCUT2D eigenvalue weighted by atomic mass is 32.2. The number of sulfonamides is 1. The summed E-state index contributed by atoms with van der Waals surface area (Å²) in [6.07, 6.45) is -0.216. The molecule has 2 aromatic rings. The number of benzene rings is 2. The molecule has 0 aliphatic carbocycles. The molecule has 2 aromatic carbocycles. The molecule has 1 aliphatic rings. The summed E-state index contributed by atoms with van der Waals surface area (Å²) < 4.78 is 33.0. The molecule has 2 amide bonds. The number of likely N-dealkylation sites (N-methyl/N-ethyl adjacent to an activating group) is 1. The number of hydrogen-bond acceptors (Lipinski definition) is 5. The van der Waals surface area contributed by atoms with Gasteiger partial charge >= 0.3 is 0 Å². The number of fused-ring (bicyclic) bond motifs is 1. The summed E-state index contributed by atoms with van der Waals surface area (Å²) in [5, 5.41) is 5.51. The van der Waals surface area contributed by atoms with E-state index in [0.717, 1.165) is 15.4 Å². The third-order valence-corrected chi connectivity index (χ3v) is 7.13. The van der Waals surface area contributed by atoms with Gasteiger partial charge in [-0.1, -0.05) is 19.1 Å². The van der Waals surface area contributed by atoms with Gasteiger partial charge in [0.15, 0.2) is 6.10 Å². The standard InChI is InChI=1S/C22H27N3O5S/c1-6-18-22(27)24-17-10-15(4)20(11-19(17)30-18)31(28,29)25(5)12-21(26)23-16-9-13(2)7-8-14(16)3/h7-11,18H,6,12H2,1-5H3,(H,23,26)(H,24,27)/t18-/m0/s1. The fraction of sp³-hybridized carbons (Fsp3) is 0.364. The molecule has 8 nitrogen and oxygen atoms in total. The number of nitrogens with zero attached hydrogens (tertiary/aromatic N) is 1. The lowest BCUT2D eigenvalue weighted by Crippen LogP contribution is -2.37. The summed E-state index contributed by atoms with van der Waals surface area (Å²) in [5.74, 6) is -0.404. The Morgan fingerprint density at radius 3 is 2.55 bits per heavy atom. The molecule has 0 bridgehead atoms. The smallest absolute Gasteiger partial charge is 0.265 e. The number of amides is 2. The van der Waals surface area contributed by atoms with E-state index in [-0.39, 0.29) is 17.3 Å². The highest BCUT2D eigenvalue weighted by Crippen LogP contribution is 2.35. The van der Waals surface area contributed by atoms with E-state index >= 15 is 0 Å². The Morgan fingerprint density at radius 2 is 1.87 bits per heavy atom. The molecule has 1 atom stereocenters. The second-order valence-electron chi connectivity index (χ2n) is 7.75. The maximum absolute atomic E-state index is 13.2. The third kappa shape index (κ3) is 4.72. The van der Waals surface area contributed by atoms with Gasteiger partial charge in [-0.2, -0.15) is 4.31 Å². The van der Waals surface area contributed by atoms with Crippen molar-refractivity contribution < 1.29 is 22.7 Å². The summed E-state index contributed by atoms with van der Waals surface area (Å²) in [6.45, 7) is 6.88. The maximum atomic E-state index is 13.2. The van der Waals surface area contributed by atoms with Gasteiger partial charge in [0.25, 0.3) is 5.91 Å². The molecule has 1 heterocycles. The van der Waals surface area contributed by atoms with Gasteiger partial charge in [0, 0.05) is 18.8 Å². The normalized spacial score (nSPS) is 15.8. The number of carbonyl (C=O) groups excluding carboxylic acids is 2. The van der Waals surface area contributed by atoms with Crippen LogP contribution in [0.5, 0.6) is 5.75 Å². The van der Waals surface area contributed by atoms with Crippen LogP contribution in [0.3, 0.4) is 0 Å². The Kier molecular flexibility index (Phi) is 6.38. The minimum atomic E-state index is -3.97. The summed E-state index contributed by atoms with van der Waals surface area (Å²) in [5.41, 5.74) is 3.40. The van der Waals surface area contributed by atoms with Crippen molar-refractivity contribution in [2.45, 2.75) is 45.1 Å². The van der Waals surface area contributed by atoms with Crippen molar-refractivity contribution in [1.29, 1.82) is 0 Å². The van der Waals surface area contributed by atoms with Gasteiger partial charge in [0.1, 0.15) is 5.75 Å². The van der Waals surface area contributed by atoms with E-state index in [1.165, 1.54) is 13.1 Å². The first-order valence-electron chi connectivity index (χ1n) is 9.98. The van der Waals surface area contributed by atoms with Gasteiger partial charge in [-0.3, -0.25) is 9.59 Å². The lowest BCUT2D eigenvalue weighted by Gasteiger charge is -2.27. The van der Waals surface area contributed by atoms with E-state index in [4.69, 9.17) is 4.74 Å². The molecule has 0 aromatic heterocycles. The van der Waals surface area contributed by atoms with Crippen molar-refractivity contribution in [3.63, 3.8) is 0 Å². The van der Waals surface area contributed by atoms with Crippen LogP contribution in [0.4, 0.5) is 11.4 Å². The minimum absolute atomic E-state index is 0.0271. The molecule has 31 heavy (non-hydrogen) atoms. The highest BCUT2D eigenvalue weighted by molar-refractivity contribution is 7.89. The number of rotatable bonds is 6. The number of hydrogen-bond donors (Lipinski definition) is 2. The summed E-state index contributed by atoms with van der Waals surface area (Å²) in [6, 6.07) is 8.64. The second kappa shape index (κ2) is 8.68. The number of anilines is 2. The molecular weight excluding hydrogens is 418 g/mol. The van der Waals surface area contributed by atoms with Gasteiger partial charge in [0.2, 0.25) is 15.9 Å². The third-order valence-electron chi connectivity index (χ3n) is 5.19. The van der Waals surface area contributed by atoms with Crippen molar-refractivity contribution >= 4 is 33.2 Å². The molecule has 0 radical (unpaired) electrons. The molecule has 0 saturated heterocycles. The Hall–Kier alpha value is -2.91. The quantitative estimate of drug-likeness (QED) is 0.711. The van der Waals surface area contributed by atoms with E-state index < -0.39 is 22.0 Å². The average Bonchev–Trinajstić information content (AvgIpc) is 2.69. The fourth-order valence-electron chi connectivity index (χ4n) is 3.35. The lowest BCUT2D eigenvalue weighted by atomic mass is 10.1. The zero-order valence-corrected chi connectivity index (χ0v) is 19.1. The largest absolute Gasteiger partial charge is 0.478 e. The monoisotopic (exact) mass is 445 g/mol. The molecule has 0 spiro atoms. The van der Waals surface area contributed by atoms with Crippen LogP contribution >= 0.6 is 0 Å². The number of aryl methyl sites for hydroxylation is 3. The van der Waals surface area contributed by atoms with E-state index in [0.29, 0.717) is 29.1 Å². The van der Waals surface area contributed by atoms with Crippen molar-refractivity contribution in [2.75, 3.05) is 24.2 Å². The molecule has 0 saturated carbocycles. The number of ether oxygens (including phenoxy) is 1. The molecule has 0 fully saturated rings. The van der Waals surface area contributed by atoms with Crippen LogP contribution in [0.25, 0.3) is 0 Å². The van der Waals surface area contributed by atoms with Crippen LogP contribution < -0.4 is 15.4 Å². The van der Waals surface area contributed by atoms with Crippen LogP contribution in [0.2, 0.25) is 0 Å². The summed E-state index contributed by atoms with van der Waals surface area (Å²) in [4.78, 5) is 24.5. The van der Waals surface area contributed by atoms with Gasteiger partial charge in [-0.05, 0) is 56.0 Å². The van der Waals surface area contributed by atoms with E-state index in [2.05, 4.69) is 10.6 Å². The molecule has 3 rings (SSSR count). The van der Waals surface area contributed by atoms with Gasteiger partial charge in [-0.25, -0.2) is 8.42 Å². The molecule has 0 unspecified atom stereocenters.